The summed E-state index contributed by atoms with van der Waals surface area (Å²) in [7, 11) is 0. The Labute approximate surface area is 113 Å². The Morgan fingerprint density at radius 2 is 2.05 bits per heavy atom. The normalized spacial score (nSPS) is 14.0. The van der Waals surface area contributed by atoms with Crippen LogP contribution in [0.1, 0.15) is 44.0 Å². The van der Waals surface area contributed by atoms with Gasteiger partial charge >= 0.3 is 5.97 Å². The third-order valence-corrected chi connectivity index (χ3v) is 3.19. The quantitative estimate of drug-likeness (QED) is 0.831. The maximum absolute atomic E-state index is 12.1. The molecule has 1 amide bonds. The van der Waals surface area contributed by atoms with E-state index in [1.165, 1.54) is 0 Å². The summed E-state index contributed by atoms with van der Waals surface area (Å²) >= 11 is 0. The van der Waals surface area contributed by atoms with Crippen molar-refractivity contribution in [1.82, 2.24) is 5.32 Å². The number of hydrogen-bond acceptors (Lipinski definition) is 4. The lowest BCUT2D eigenvalue weighted by molar-refractivity contribution is -0.152. The highest BCUT2D eigenvalue weighted by Crippen LogP contribution is 2.20. The molecule has 0 aliphatic heterocycles. The van der Waals surface area contributed by atoms with Crippen LogP contribution in [0.5, 0.6) is 0 Å². The largest absolute Gasteiger partial charge is 0.464 e. The number of ether oxygens (including phenoxy) is 1. The van der Waals surface area contributed by atoms with E-state index in [0.717, 1.165) is 0 Å². The molecule has 1 N–H and O–H groups in total. The highest BCUT2D eigenvalue weighted by atomic mass is 16.5. The van der Waals surface area contributed by atoms with Crippen LogP contribution in [0.25, 0.3) is 0 Å². The second-order valence-electron chi connectivity index (χ2n) is 4.94. The van der Waals surface area contributed by atoms with E-state index < -0.39 is 17.4 Å². The smallest absolute Gasteiger partial charge is 0.331 e. The maximum Gasteiger partial charge on any atom is 0.331 e. The van der Waals surface area contributed by atoms with Crippen molar-refractivity contribution in [3.05, 3.63) is 23.7 Å². The number of rotatable bonds is 5. The van der Waals surface area contributed by atoms with E-state index in [1.54, 1.807) is 32.9 Å². The summed E-state index contributed by atoms with van der Waals surface area (Å²) in [4.78, 5) is 24.1. The van der Waals surface area contributed by atoms with Crippen LogP contribution in [0, 0.1) is 12.8 Å². The predicted molar refractivity (Wildman–Crippen MR) is 70.8 cm³/mol. The van der Waals surface area contributed by atoms with Crippen molar-refractivity contribution in [3.8, 4) is 0 Å². The molecular formula is C14H21NO4. The molecule has 5 heteroatoms. The topological polar surface area (TPSA) is 68.5 Å². The van der Waals surface area contributed by atoms with Gasteiger partial charge < -0.3 is 14.5 Å². The predicted octanol–water partition coefficient (Wildman–Crippen LogP) is 2.30. The van der Waals surface area contributed by atoms with E-state index >= 15 is 0 Å². The van der Waals surface area contributed by atoms with Gasteiger partial charge in [-0.25, -0.2) is 4.79 Å². The number of carbonyl (C=O) groups excluding carboxylic acids is 2. The molecule has 0 radical (unpaired) electrons. The van der Waals surface area contributed by atoms with Crippen molar-refractivity contribution in [2.24, 2.45) is 5.92 Å². The van der Waals surface area contributed by atoms with E-state index in [-0.39, 0.29) is 18.3 Å². The SMILES string of the molecule is CCOC(=O)C(C)(NC(=O)c1ccc(C)o1)C(C)C. The molecule has 1 aromatic rings. The number of amides is 1. The van der Waals surface area contributed by atoms with Crippen LogP contribution >= 0.6 is 0 Å². The molecule has 0 bridgehead atoms. The third kappa shape index (κ3) is 3.36. The van der Waals surface area contributed by atoms with E-state index in [0.29, 0.717) is 5.76 Å². The molecule has 0 aliphatic carbocycles. The van der Waals surface area contributed by atoms with Crippen LogP contribution in [0.15, 0.2) is 16.5 Å². The second-order valence-corrected chi connectivity index (χ2v) is 4.94. The van der Waals surface area contributed by atoms with Crippen molar-refractivity contribution in [2.45, 2.75) is 40.2 Å². The number of carbonyl (C=O) groups is 2. The molecule has 0 fully saturated rings. The van der Waals surface area contributed by atoms with Gasteiger partial charge in [0.2, 0.25) is 0 Å². The molecule has 19 heavy (non-hydrogen) atoms. The number of hydrogen-bond donors (Lipinski definition) is 1. The Morgan fingerprint density at radius 3 is 2.47 bits per heavy atom. The molecule has 1 heterocycles. The molecule has 5 nitrogen and oxygen atoms in total. The zero-order chi connectivity index (χ0) is 14.6. The average Bonchev–Trinajstić information content (AvgIpc) is 2.75. The van der Waals surface area contributed by atoms with Crippen LogP contribution in [-0.2, 0) is 9.53 Å². The molecule has 1 aromatic heterocycles. The molecule has 0 saturated heterocycles. The van der Waals surface area contributed by atoms with Gasteiger partial charge in [-0.3, -0.25) is 4.79 Å². The first kappa shape index (κ1) is 15.3. The van der Waals surface area contributed by atoms with Crippen LogP contribution in [0.2, 0.25) is 0 Å². The third-order valence-electron chi connectivity index (χ3n) is 3.19. The molecule has 0 spiro atoms. The highest BCUT2D eigenvalue weighted by Gasteiger charge is 2.40. The standard InChI is InChI=1S/C14H21NO4/c1-6-18-13(17)14(5,9(2)3)15-12(16)11-8-7-10(4)19-11/h7-9H,6H2,1-5H3,(H,15,16). The first-order valence-corrected chi connectivity index (χ1v) is 6.37. The van der Waals surface area contributed by atoms with E-state index in [2.05, 4.69) is 5.32 Å². The molecule has 0 saturated carbocycles. The number of furan rings is 1. The molecule has 1 rings (SSSR count). The number of nitrogens with one attached hydrogen (secondary N) is 1. The summed E-state index contributed by atoms with van der Waals surface area (Å²) in [6.07, 6.45) is 0. The van der Waals surface area contributed by atoms with Gasteiger partial charge in [-0.05, 0) is 38.8 Å². The Bertz CT molecular complexity index is 464. The van der Waals surface area contributed by atoms with Crippen molar-refractivity contribution in [1.29, 1.82) is 0 Å². The van der Waals surface area contributed by atoms with E-state index in [4.69, 9.17) is 9.15 Å². The zero-order valence-electron chi connectivity index (χ0n) is 12.1. The molecule has 0 aromatic carbocycles. The van der Waals surface area contributed by atoms with Gasteiger partial charge in [0.15, 0.2) is 5.76 Å². The fourth-order valence-corrected chi connectivity index (χ4v) is 1.57. The van der Waals surface area contributed by atoms with Crippen LogP contribution in [0.4, 0.5) is 0 Å². The minimum Gasteiger partial charge on any atom is -0.464 e. The van der Waals surface area contributed by atoms with Crippen molar-refractivity contribution < 1.29 is 18.7 Å². The average molecular weight is 267 g/mol. The Kier molecular flexibility index (Phi) is 4.75. The Balaban J connectivity index is 2.90. The van der Waals surface area contributed by atoms with Crippen molar-refractivity contribution in [2.75, 3.05) is 6.61 Å². The first-order chi connectivity index (χ1) is 8.81. The lowest BCUT2D eigenvalue weighted by Gasteiger charge is -2.31. The molecular weight excluding hydrogens is 246 g/mol. The Morgan fingerprint density at radius 1 is 1.42 bits per heavy atom. The number of aryl methyl sites for hydroxylation is 1. The molecule has 1 unspecified atom stereocenters. The Hall–Kier alpha value is -1.78. The highest BCUT2D eigenvalue weighted by molar-refractivity contribution is 5.96. The summed E-state index contributed by atoms with van der Waals surface area (Å²) in [5, 5.41) is 2.70. The lowest BCUT2D eigenvalue weighted by atomic mass is 9.88. The summed E-state index contributed by atoms with van der Waals surface area (Å²) in [5.41, 5.74) is -1.08. The fourth-order valence-electron chi connectivity index (χ4n) is 1.57. The van der Waals surface area contributed by atoms with Gasteiger partial charge in [-0.1, -0.05) is 13.8 Å². The molecule has 106 valence electrons. The van der Waals surface area contributed by atoms with Crippen LogP contribution in [0.3, 0.4) is 0 Å². The summed E-state index contributed by atoms with van der Waals surface area (Å²) in [5.74, 6) is -0.133. The van der Waals surface area contributed by atoms with Crippen molar-refractivity contribution in [3.63, 3.8) is 0 Å². The first-order valence-electron chi connectivity index (χ1n) is 6.37. The van der Waals surface area contributed by atoms with Gasteiger partial charge in [-0.2, -0.15) is 0 Å². The van der Waals surface area contributed by atoms with E-state index in [1.807, 2.05) is 13.8 Å². The minimum absolute atomic E-state index is 0.105. The molecule has 0 aliphatic rings. The monoisotopic (exact) mass is 267 g/mol. The molecule has 1 atom stereocenters. The lowest BCUT2D eigenvalue weighted by Crippen LogP contribution is -2.56. The summed E-state index contributed by atoms with van der Waals surface area (Å²) < 4.78 is 10.3. The van der Waals surface area contributed by atoms with Gasteiger partial charge in [0, 0.05) is 0 Å². The number of esters is 1. The second kappa shape index (κ2) is 5.91. The van der Waals surface area contributed by atoms with Gasteiger partial charge in [-0.15, -0.1) is 0 Å². The van der Waals surface area contributed by atoms with Crippen LogP contribution < -0.4 is 5.32 Å². The minimum atomic E-state index is -1.08. The zero-order valence-corrected chi connectivity index (χ0v) is 12.1. The fraction of sp³-hybridized carbons (Fsp3) is 0.571. The maximum atomic E-state index is 12.1. The van der Waals surface area contributed by atoms with Gasteiger partial charge in [0.25, 0.3) is 5.91 Å². The van der Waals surface area contributed by atoms with Gasteiger partial charge in [0.1, 0.15) is 11.3 Å². The van der Waals surface area contributed by atoms with Crippen LogP contribution in [-0.4, -0.2) is 24.0 Å². The van der Waals surface area contributed by atoms with Crippen molar-refractivity contribution >= 4 is 11.9 Å². The summed E-state index contributed by atoms with van der Waals surface area (Å²) in [6, 6.07) is 3.28. The summed E-state index contributed by atoms with van der Waals surface area (Å²) in [6.45, 7) is 9.12. The van der Waals surface area contributed by atoms with Gasteiger partial charge in [0.05, 0.1) is 6.61 Å². The van der Waals surface area contributed by atoms with E-state index in [9.17, 15) is 9.59 Å².